The third-order valence-electron chi connectivity index (χ3n) is 6.07. The number of hydrogen-bond acceptors (Lipinski definition) is 2. The fourth-order valence-electron chi connectivity index (χ4n) is 4.22. The van der Waals surface area contributed by atoms with Crippen LogP contribution in [0.3, 0.4) is 0 Å². The van der Waals surface area contributed by atoms with E-state index < -0.39 is 0 Å². The Balaban J connectivity index is 2.23. The molecule has 0 aromatic heterocycles. The molecule has 2 heteroatoms. The molecule has 2 nitrogen and oxygen atoms in total. The van der Waals surface area contributed by atoms with Gasteiger partial charge in [0.2, 0.25) is 0 Å². The Morgan fingerprint density at radius 1 is 0.481 bits per heavy atom. The number of nitrogens with zero attached hydrogens (tertiary/aromatic N) is 2. The largest absolute Gasteiger partial charge is 0.356 e. The Morgan fingerprint density at radius 2 is 0.889 bits per heavy atom. The molecule has 27 heavy (non-hydrogen) atoms. The standard InChI is InChI=1S/C25H50N2/c1-4-7-10-12-14-15-16-18-20-25-26(21-9-6-3)23-24-27(25)22-19-17-13-11-8-5-2/h23-25H,4-22H2,1-3H3. The molecule has 1 unspecified atom stereocenters. The predicted molar refractivity (Wildman–Crippen MR) is 122 cm³/mol. The van der Waals surface area contributed by atoms with Crippen molar-refractivity contribution in [2.24, 2.45) is 0 Å². The molecule has 0 aromatic rings. The first-order chi connectivity index (χ1) is 13.3. The molecule has 0 aliphatic carbocycles. The second-order valence-corrected chi connectivity index (χ2v) is 8.64. The molecule has 0 aromatic carbocycles. The van der Waals surface area contributed by atoms with Crippen LogP contribution in [-0.2, 0) is 0 Å². The molecule has 1 aliphatic rings. The van der Waals surface area contributed by atoms with Gasteiger partial charge in [-0.25, -0.2) is 0 Å². The van der Waals surface area contributed by atoms with Crippen LogP contribution in [-0.4, -0.2) is 29.1 Å². The maximum Gasteiger partial charge on any atom is 0.101 e. The van der Waals surface area contributed by atoms with Gasteiger partial charge in [0.05, 0.1) is 0 Å². The van der Waals surface area contributed by atoms with E-state index in [1.807, 2.05) is 0 Å². The van der Waals surface area contributed by atoms with E-state index in [1.165, 1.54) is 122 Å². The van der Waals surface area contributed by atoms with Gasteiger partial charge in [-0.3, -0.25) is 0 Å². The lowest BCUT2D eigenvalue weighted by Gasteiger charge is -2.33. The summed E-state index contributed by atoms with van der Waals surface area (Å²) in [4.78, 5) is 5.28. The smallest absolute Gasteiger partial charge is 0.101 e. The summed E-state index contributed by atoms with van der Waals surface area (Å²) < 4.78 is 0. The molecule has 0 radical (unpaired) electrons. The van der Waals surface area contributed by atoms with Crippen molar-refractivity contribution >= 4 is 0 Å². The van der Waals surface area contributed by atoms with Crippen molar-refractivity contribution in [3.63, 3.8) is 0 Å². The normalized spacial score (nSPS) is 16.6. The molecule has 0 saturated carbocycles. The van der Waals surface area contributed by atoms with Gasteiger partial charge in [0, 0.05) is 25.5 Å². The summed E-state index contributed by atoms with van der Waals surface area (Å²) in [6.45, 7) is 9.41. The third-order valence-corrected chi connectivity index (χ3v) is 6.07. The van der Waals surface area contributed by atoms with E-state index in [2.05, 4.69) is 43.0 Å². The van der Waals surface area contributed by atoms with E-state index in [-0.39, 0.29) is 0 Å². The van der Waals surface area contributed by atoms with Gasteiger partial charge in [0.15, 0.2) is 0 Å². The molecule has 1 heterocycles. The zero-order valence-electron chi connectivity index (χ0n) is 19.1. The quantitative estimate of drug-likeness (QED) is 0.209. The molecule has 1 atom stereocenters. The average molecular weight is 379 g/mol. The Morgan fingerprint density at radius 3 is 1.41 bits per heavy atom. The highest BCUT2D eigenvalue weighted by Crippen LogP contribution is 2.23. The van der Waals surface area contributed by atoms with Crippen molar-refractivity contribution in [3.8, 4) is 0 Å². The van der Waals surface area contributed by atoms with Crippen LogP contribution >= 0.6 is 0 Å². The van der Waals surface area contributed by atoms with Crippen molar-refractivity contribution in [2.45, 2.75) is 136 Å². The lowest BCUT2D eigenvalue weighted by molar-refractivity contribution is 0.136. The fraction of sp³-hybridized carbons (Fsp3) is 0.920. The van der Waals surface area contributed by atoms with Crippen LogP contribution in [0, 0.1) is 0 Å². The maximum atomic E-state index is 2.65. The topological polar surface area (TPSA) is 6.48 Å². The summed E-state index contributed by atoms with van der Waals surface area (Å²) in [6, 6.07) is 0. The summed E-state index contributed by atoms with van der Waals surface area (Å²) >= 11 is 0. The highest BCUT2D eigenvalue weighted by atomic mass is 15.4. The fourth-order valence-corrected chi connectivity index (χ4v) is 4.22. The van der Waals surface area contributed by atoms with Crippen LogP contribution in [0.5, 0.6) is 0 Å². The highest BCUT2D eigenvalue weighted by molar-refractivity contribution is 4.96. The van der Waals surface area contributed by atoms with Gasteiger partial charge < -0.3 is 9.80 Å². The van der Waals surface area contributed by atoms with Gasteiger partial charge in [0.25, 0.3) is 0 Å². The summed E-state index contributed by atoms with van der Waals surface area (Å²) in [5.41, 5.74) is 0. The van der Waals surface area contributed by atoms with Gasteiger partial charge in [-0.15, -0.1) is 0 Å². The van der Waals surface area contributed by atoms with E-state index in [0.29, 0.717) is 6.17 Å². The Hall–Kier alpha value is -0.660. The van der Waals surface area contributed by atoms with Crippen LogP contribution in [0.2, 0.25) is 0 Å². The summed E-state index contributed by atoms with van der Waals surface area (Å²) in [5.74, 6) is 0. The Bertz CT molecular complexity index is 339. The lowest BCUT2D eigenvalue weighted by atomic mass is 10.1. The zero-order valence-corrected chi connectivity index (χ0v) is 19.1. The van der Waals surface area contributed by atoms with Gasteiger partial charge >= 0.3 is 0 Å². The number of hydrogen-bond donors (Lipinski definition) is 0. The SMILES string of the molecule is CCCCCCCCCCC1N(CCCC)C=CN1CCCCCCCC. The van der Waals surface area contributed by atoms with Gasteiger partial charge in [-0.05, 0) is 25.7 Å². The summed E-state index contributed by atoms with van der Waals surface area (Å²) in [5, 5.41) is 0. The molecular formula is C25H50N2. The molecular weight excluding hydrogens is 328 g/mol. The van der Waals surface area contributed by atoms with Crippen molar-refractivity contribution in [1.82, 2.24) is 9.80 Å². The van der Waals surface area contributed by atoms with Crippen molar-refractivity contribution in [1.29, 1.82) is 0 Å². The van der Waals surface area contributed by atoms with Gasteiger partial charge in [0.1, 0.15) is 6.17 Å². The molecule has 0 saturated heterocycles. The minimum absolute atomic E-state index is 0.646. The lowest BCUT2D eigenvalue weighted by Crippen LogP contribution is -2.39. The van der Waals surface area contributed by atoms with Gasteiger partial charge in [-0.1, -0.05) is 104 Å². The molecule has 0 N–H and O–H groups in total. The zero-order chi connectivity index (χ0) is 19.6. The molecule has 0 bridgehead atoms. The van der Waals surface area contributed by atoms with Crippen molar-refractivity contribution in [3.05, 3.63) is 12.4 Å². The van der Waals surface area contributed by atoms with Crippen molar-refractivity contribution < 1.29 is 0 Å². The van der Waals surface area contributed by atoms with E-state index in [9.17, 15) is 0 Å². The molecule has 1 rings (SSSR count). The maximum absolute atomic E-state index is 2.65. The second kappa shape index (κ2) is 17.4. The first-order valence-electron chi connectivity index (χ1n) is 12.5. The van der Waals surface area contributed by atoms with Crippen LogP contribution in [0.15, 0.2) is 12.4 Å². The molecule has 0 fully saturated rings. The van der Waals surface area contributed by atoms with Crippen LogP contribution in [0.25, 0.3) is 0 Å². The molecule has 1 aliphatic heterocycles. The van der Waals surface area contributed by atoms with Crippen molar-refractivity contribution in [2.75, 3.05) is 13.1 Å². The number of rotatable bonds is 19. The van der Waals surface area contributed by atoms with Crippen LogP contribution < -0.4 is 0 Å². The summed E-state index contributed by atoms with van der Waals surface area (Å²) in [6.07, 6.45) is 29.2. The third kappa shape index (κ3) is 11.7. The van der Waals surface area contributed by atoms with Gasteiger partial charge in [-0.2, -0.15) is 0 Å². The Kier molecular flexibility index (Phi) is 15.7. The van der Waals surface area contributed by atoms with E-state index in [4.69, 9.17) is 0 Å². The molecule has 160 valence electrons. The first kappa shape index (κ1) is 24.4. The minimum Gasteiger partial charge on any atom is -0.356 e. The highest BCUT2D eigenvalue weighted by Gasteiger charge is 2.24. The van der Waals surface area contributed by atoms with Crippen LogP contribution in [0.4, 0.5) is 0 Å². The monoisotopic (exact) mass is 378 g/mol. The second-order valence-electron chi connectivity index (χ2n) is 8.64. The first-order valence-corrected chi connectivity index (χ1v) is 12.5. The molecule has 0 amide bonds. The van der Waals surface area contributed by atoms with Crippen LogP contribution in [0.1, 0.15) is 130 Å². The van der Waals surface area contributed by atoms with E-state index in [0.717, 1.165) is 0 Å². The summed E-state index contributed by atoms with van der Waals surface area (Å²) in [7, 11) is 0. The minimum atomic E-state index is 0.646. The predicted octanol–water partition coefficient (Wildman–Crippen LogP) is 8.09. The Labute approximate surface area is 171 Å². The van der Waals surface area contributed by atoms with E-state index in [1.54, 1.807) is 0 Å². The van der Waals surface area contributed by atoms with E-state index >= 15 is 0 Å². The molecule has 0 spiro atoms. The number of unbranched alkanes of at least 4 members (excludes halogenated alkanes) is 13. The average Bonchev–Trinajstić information content (AvgIpc) is 3.06.